The fourth-order valence-corrected chi connectivity index (χ4v) is 5.20. The molecular weight excluding hydrogens is 512 g/mol. The molecule has 0 N–H and O–H groups in total. The third-order valence-corrected chi connectivity index (χ3v) is 7.25. The maximum atomic E-state index is 15.0. The summed E-state index contributed by atoms with van der Waals surface area (Å²) in [6, 6.07) is 8.77. The van der Waals surface area contributed by atoms with Gasteiger partial charge in [-0.05, 0) is 79.0 Å². The smallest absolute Gasteiger partial charge is 0.206 e. The van der Waals surface area contributed by atoms with E-state index in [2.05, 4.69) is 6.92 Å². The molecule has 4 rings (SSSR count). The number of benzene rings is 3. The first kappa shape index (κ1) is 27.9. The van der Waals surface area contributed by atoms with E-state index in [1.54, 1.807) is 6.07 Å². The van der Waals surface area contributed by atoms with Crippen LogP contribution in [0.25, 0.3) is 22.8 Å². The van der Waals surface area contributed by atoms with E-state index in [1.165, 1.54) is 24.6 Å². The number of halogens is 8. The molecule has 0 unspecified atom stereocenters. The lowest BCUT2D eigenvalue weighted by atomic mass is 9.77. The van der Waals surface area contributed by atoms with Gasteiger partial charge in [-0.1, -0.05) is 44.0 Å². The average Bonchev–Trinajstić information content (AvgIpc) is 2.87. The molecule has 38 heavy (non-hydrogen) atoms. The standard InChI is InChI=1S/C30H26F8/c1-2-3-17-4-6-18(7-5-17)19-8-11-22(25(31)14-19)20-9-12-23(26(32)15-20)29(35)28(34)21-10-13-24(27(33)16-21)30(36,37)38/h8-18H,2-7H2,1H3/b29-28+. The second-order valence-corrected chi connectivity index (χ2v) is 9.76. The van der Waals surface area contributed by atoms with Crippen LogP contribution in [0.4, 0.5) is 35.1 Å². The minimum atomic E-state index is -5.01. The molecule has 0 bridgehead atoms. The highest BCUT2D eigenvalue weighted by Crippen LogP contribution is 2.40. The van der Waals surface area contributed by atoms with Crippen LogP contribution in [0.2, 0.25) is 0 Å². The molecule has 1 saturated carbocycles. The minimum absolute atomic E-state index is 0.0912. The van der Waals surface area contributed by atoms with Crippen LogP contribution in [0.1, 0.15) is 73.6 Å². The number of rotatable bonds is 6. The summed E-state index contributed by atoms with van der Waals surface area (Å²) in [4.78, 5) is 0. The van der Waals surface area contributed by atoms with Crippen molar-refractivity contribution >= 4 is 11.7 Å². The van der Waals surface area contributed by atoms with E-state index in [0.29, 0.717) is 12.0 Å². The molecular formula is C30H26F8. The Hall–Kier alpha value is -3.16. The molecule has 8 heteroatoms. The van der Waals surface area contributed by atoms with Gasteiger partial charge >= 0.3 is 6.18 Å². The van der Waals surface area contributed by atoms with Gasteiger partial charge < -0.3 is 0 Å². The zero-order valence-corrected chi connectivity index (χ0v) is 20.6. The van der Waals surface area contributed by atoms with Crippen molar-refractivity contribution in [3.8, 4) is 11.1 Å². The molecule has 0 aromatic heterocycles. The second kappa shape index (κ2) is 11.3. The molecule has 0 saturated heterocycles. The SMILES string of the molecule is CCCC1CCC(c2ccc(-c3ccc(/C(F)=C(\F)c4ccc(C(F)(F)F)c(F)c4)c(F)c3)c(F)c2)CC1. The molecule has 202 valence electrons. The Kier molecular flexibility index (Phi) is 8.28. The van der Waals surface area contributed by atoms with Crippen molar-refractivity contribution in [1.82, 2.24) is 0 Å². The number of hydrogen-bond acceptors (Lipinski definition) is 0. The predicted molar refractivity (Wildman–Crippen MR) is 132 cm³/mol. The zero-order chi connectivity index (χ0) is 27.6. The lowest BCUT2D eigenvalue weighted by Gasteiger charge is -2.28. The van der Waals surface area contributed by atoms with Crippen molar-refractivity contribution in [2.24, 2.45) is 5.92 Å². The van der Waals surface area contributed by atoms with Crippen LogP contribution in [0, 0.1) is 23.4 Å². The molecule has 3 aromatic carbocycles. The first-order valence-corrected chi connectivity index (χ1v) is 12.5. The van der Waals surface area contributed by atoms with E-state index >= 15 is 4.39 Å². The van der Waals surface area contributed by atoms with Crippen LogP contribution in [0.15, 0.2) is 54.6 Å². The van der Waals surface area contributed by atoms with Crippen molar-refractivity contribution in [3.63, 3.8) is 0 Å². The summed E-state index contributed by atoms with van der Waals surface area (Å²) < 4.78 is 111. The van der Waals surface area contributed by atoms with Crippen molar-refractivity contribution in [3.05, 3.63) is 94.3 Å². The molecule has 0 nitrogen and oxygen atoms in total. The van der Waals surface area contributed by atoms with Gasteiger partial charge in [0, 0.05) is 16.7 Å². The van der Waals surface area contributed by atoms with E-state index < -0.39 is 52.0 Å². The van der Waals surface area contributed by atoms with Crippen LogP contribution in [0.3, 0.4) is 0 Å². The van der Waals surface area contributed by atoms with Crippen LogP contribution in [-0.4, -0.2) is 0 Å². The summed E-state index contributed by atoms with van der Waals surface area (Å²) in [6.45, 7) is 2.16. The summed E-state index contributed by atoms with van der Waals surface area (Å²) in [5.74, 6) is -6.05. The van der Waals surface area contributed by atoms with Gasteiger partial charge in [0.25, 0.3) is 0 Å². The number of alkyl halides is 3. The van der Waals surface area contributed by atoms with Crippen LogP contribution in [0.5, 0.6) is 0 Å². The minimum Gasteiger partial charge on any atom is -0.206 e. The van der Waals surface area contributed by atoms with E-state index in [0.717, 1.165) is 49.8 Å². The molecule has 0 aliphatic heterocycles. The molecule has 1 fully saturated rings. The van der Waals surface area contributed by atoms with Crippen LogP contribution >= 0.6 is 0 Å². The zero-order valence-electron chi connectivity index (χ0n) is 20.6. The monoisotopic (exact) mass is 538 g/mol. The summed E-state index contributed by atoms with van der Waals surface area (Å²) >= 11 is 0. The van der Waals surface area contributed by atoms with Crippen molar-refractivity contribution in [2.75, 3.05) is 0 Å². The summed E-state index contributed by atoms with van der Waals surface area (Å²) in [5.41, 5.74) is -2.21. The van der Waals surface area contributed by atoms with Crippen LogP contribution in [-0.2, 0) is 6.18 Å². The van der Waals surface area contributed by atoms with Gasteiger partial charge in [-0.15, -0.1) is 0 Å². The van der Waals surface area contributed by atoms with Crippen molar-refractivity contribution in [1.29, 1.82) is 0 Å². The Balaban J connectivity index is 1.56. The first-order chi connectivity index (χ1) is 18.0. The van der Waals surface area contributed by atoms with E-state index in [4.69, 9.17) is 0 Å². The normalized spacial score (nSPS) is 18.9. The maximum absolute atomic E-state index is 15.0. The van der Waals surface area contributed by atoms with Gasteiger partial charge in [0.05, 0.1) is 5.56 Å². The fraction of sp³-hybridized carbons (Fsp3) is 0.333. The molecule has 0 heterocycles. The third-order valence-electron chi connectivity index (χ3n) is 7.25. The molecule has 3 aromatic rings. The Morgan fingerprint density at radius 2 is 1.47 bits per heavy atom. The fourth-order valence-electron chi connectivity index (χ4n) is 5.20. The molecule has 1 aliphatic rings. The van der Waals surface area contributed by atoms with Gasteiger partial charge in [0.1, 0.15) is 17.5 Å². The van der Waals surface area contributed by atoms with E-state index in [1.807, 2.05) is 0 Å². The molecule has 0 spiro atoms. The van der Waals surface area contributed by atoms with E-state index in [9.17, 15) is 30.7 Å². The lowest BCUT2D eigenvalue weighted by molar-refractivity contribution is -0.140. The highest BCUT2D eigenvalue weighted by atomic mass is 19.4. The topological polar surface area (TPSA) is 0 Å². The summed E-state index contributed by atoms with van der Waals surface area (Å²) in [5, 5.41) is 0. The largest absolute Gasteiger partial charge is 0.419 e. The van der Waals surface area contributed by atoms with Gasteiger partial charge in [0.2, 0.25) is 0 Å². The van der Waals surface area contributed by atoms with Gasteiger partial charge in [-0.25, -0.2) is 22.0 Å². The maximum Gasteiger partial charge on any atom is 0.419 e. The first-order valence-electron chi connectivity index (χ1n) is 12.5. The molecule has 0 amide bonds. The average molecular weight is 539 g/mol. The van der Waals surface area contributed by atoms with Gasteiger partial charge in [-0.2, -0.15) is 13.2 Å². The van der Waals surface area contributed by atoms with E-state index in [-0.39, 0.29) is 29.2 Å². The van der Waals surface area contributed by atoms with Gasteiger partial charge in [-0.3, -0.25) is 0 Å². The molecule has 0 atom stereocenters. The summed E-state index contributed by atoms with van der Waals surface area (Å²) in [6.07, 6.45) is 1.49. The Labute approximate surface area is 216 Å². The van der Waals surface area contributed by atoms with Crippen molar-refractivity contribution in [2.45, 2.75) is 57.5 Å². The number of hydrogen-bond donors (Lipinski definition) is 0. The Bertz CT molecular complexity index is 1330. The third kappa shape index (κ3) is 5.94. The Morgan fingerprint density at radius 1 is 0.763 bits per heavy atom. The Morgan fingerprint density at radius 3 is 2.05 bits per heavy atom. The molecule has 1 aliphatic carbocycles. The van der Waals surface area contributed by atoms with Gasteiger partial charge in [0.15, 0.2) is 11.7 Å². The lowest BCUT2D eigenvalue weighted by Crippen LogP contribution is -2.13. The highest BCUT2D eigenvalue weighted by Gasteiger charge is 2.34. The summed E-state index contributed by atoms with van der Waals surface area (Å²) in [7, 11) is 0. The van der Waals surface area contributed by atoms with Crippen molar-refractivity contribution < 1.29 is 35.1 Å². The second-order valence-electron chi connectivity index (χ2n) is 9.76. The predicted octanol–water partition coefficient (Wildman–Crippen LogP) is 10.6. The van der Waals surface area contributed by atoms with Crippen LogP contribution < -0.4 is 0 Å². The molecule has 0 radical (unpaired) electrons. The highest BCUT2D eigenvalue weighted by molar-refractivity contribution is 5.84. The quantitative estimate of drug-likeness (QED) is 0.216.